The van der Waals surface area contributed by atoms with Gasteiger partial charge >= 0.3 is 0 Å². The molecule has 7 nitrogen and oxygen atoms in total. The molecule has 1 aliphatic rings. The molecule has 0 saturated heterocycles. The molecular weight excluding hydrogens is 350 g/mol. The van der Waals surface area contributed by atoms with Crippen LogP contribution in [0.25, 0.3) is 5.65 Å². The summed E-state index contributed by atoms with van der Waals surface area (Å²) in [6.07, 6.45) is 3.95. The number of carbonyl (C=O) groups excluding carboxylic acids is 1. The number of hydrogen-bond donors (Lipinski definition) is 1. The topological polar surface area (TPSA) is 81.4 Å². The van der Waals surface area contributed by atoms with Gasteiger partial charge in [0.1, 0.15) is 0 Å². The summed E-state index contributed by atoms with van der Waals surface area (Å²) in [7, 11) is 0. The second kappa shape index (κ2) is 7.03. The van der Waals surface area contributed by atoms with E-state index in [0.717, 1.165) is 30.6 Å². The lowest BCUT2D eigenvalue weighted by molar-refractivity contribution is -0.126. The lowest BCUT2D eigenvalue weighted by atomic mass is 9.83. The van der Waals surface area contributed by atoms with Crippen LogP contribution < -0.4 is 10.1 Å². The first kappa shape index (κ1) is 17.0. The Morgan fingerprint density at radius 1 is 1.31 bits per heavy atom. The fourth-order valence-electron chi connectivity index (χ4n) is 3.59. The molecule has 3 heterocycles. The predicted molar refractivity (Wildman–Crippen MR) is 98.3 cm³/mol. The summed E-state index contributed by atoms with van der Waals surface area (Å²) < 4.78 is 7.06. The van der Waals surface area contributed by atoms with Crippen LogP contribution in [0.2, 0.25) is 0 Å². The van der Waals surface area contributed by atoms with Crippen molar-refractivity contribution < 1.29 is 9.53 Å². The van der Waals surface area contributed by atoms with Crippen LogP contribution in [-0.4, -0.2) is 32.3 Å². The molecule has 4 rings (SSSR count). The minimum absolute atomic E-state index is 0.0650. The summed E-state index contributed by atoms with van der Waals surface area (Å²) >= 11 is 1.66. The largest absolute Gasteiger partial charge is 0.477 e. The number of thiophene rings is 1. The standard InChI is InChI=1S/C18H21N5O2S/c1-2-25-16-8-7-14-20-21-15(23(14)22-16)12-19-17(24)18(9-3-4-10-18)13-6-5-11-26-13/h5-8,11H,2-4,9-10,12H2,1H3,(H,19,24). The number of nitrogens with zero attached hydrogens (tertiary/aromatic N) is 4. The van der Waals surface area contributed by atoms with Crippen molar-refractivity contribution in [2.45, 2.75) is 44.6 Å². The number of ether oxygens (including phenoxy) is 1. The minimum atomic E-state index is -0.404. The van der Waals surface area contributed by atoms with E-state index < -0.39 is 5.41 Å². The maximum absolute atomic E-state index is 13.1. The molecule has 0 bridgehead atoms. The fourth-order valence-corrected chi connectivity index (χ4v) is 4.58. The first-order valence-electron chi connectivity index (χ1n) is 8.89. The number of rotatable bonds is 6. The van der Waals surface area contributed by atoms with Gasteiger partial charge < -0.3 is 10.1 Å². The Hall–Kier alpha value is -2.48. The van der Waals surface area contributed by atoms with Crippen molar-refractivity contribution in [2.24, 2.45) is 0 Å². The molecule has 1 amide bonds. The second-order valence-corrected chi connectivity index (χ2v) is 7.39. The zero-order valence-corrected chi connectivity index (χ0v) is 15.5. The Kier molecular flexibility index (Phi) is 4.58. The molecule has 1 fully saturated rings. The van der Waals surface area contributed by atoms with Crippen LogP contribution in [0, 0.1) is 0 Å². The third kappa shape index (κ3) is 2.94. The van der Waals surface area contributed by atoms with E-state index >= 15 is 0 Å². The predicted octanol–water partition coefficient (Wildman–Crippen LogP) is 2.71. The highest BCUT2D eigenvalue weighted by Gasteiger charge is 2.43. The number of aromatic nitrogens is 4. The van der Waals surface area contributed by atoms with Gasteiger partial charge in [-0.1, -0.05) is 18.9 Å². The van der Waals surface area contributed by atoms with Crippen LogP contribution in [0.4, 0.5) is 0 Å². The summed E-state index contributed by atoms with van der Waals surface area (Å²) in [5.41, 5.74) is 0.227. The van der Waals surface area contributed by atoms with Crippen LogP contribution in [-0.2, 0) is 16.8 Å². The van der Waals surface area contributed by atoms with Gasteiger partial charge in [0.05, 0.1) is 18.6 Å². The molecule has 26 heavy (non-hydrogen) atoms. The van der Waals surface area contributed by atoms with Crippen LogP contribution in [0.15, 0.2) is 29.6 Å². The summed E-state index contributed by atoms with van der Waals surface area (Å²) in [5, 5.41) is 17.8. The molecule has 0 radical (unpaired) electrons. The monoisotopic (exact) mass is 371 g/mol. The highest BCUT2D eigenvalue weighted by molar-refractivity contribution is 7.10. The van der Waals surface area contributed by atoms with Gasteiger partial charge in [-0.15, -0.1) is 26.6 Å². The van der Waals surface area contributed by atoms with E-state index in [-0.39, 0.29) is 12.5 Å². The molecule has 136 valence electrons. The summed E-state index contributed by atoms with van der Waals surface area (Å²) in [6, 6.07) is 7.65. The molecule has 1 aliphatic carbocycles. The summed E-state index contributed by atoms with van der Waals surface area (Å²) in [4.78, 5) is 14.2. The molecule has 1 N–H and O–H groups in total. The van der Waals surface area contributed by atoms with E-state index in [9.17, 15) is 4.79 Å². The van der Waals surface area contributed by atoms with Gasteiger partial charge in [-0.3, -0.25) is 4.79 Å². The van der Waals surface area contributed by atoms with Gasteiger partial charge in [0.2, 0.25) is 11.8 Å². The highest BCUT2D eigenvalue weighted by atomic mass is 32.1. The van der Waals surface area contributed by atoms with E-state index in [0.29, 0.717) is 24.0 Å². The molecule has 3 aromatic rings. The van der Waals surface area contributed by atoms with Gasteiger partial charge in [-0.05, 0) is 37.3 Å². The number of amides is 1. The number of hydrogen-bond acceptors (Lipinski definition) is 6. The normalized spacial score (nSPS) is 16.0. The quantitative estimate of drug-likeness (QED) is 0.720. The number of carbonyl (C=O) groups is 1. The maximum Gasteiger partial charge on any atom is 0.231 e. The number of fused-ring (bicyclic) bond motifs is 1. The Labute approximate surface area is 155 Å². The number of nitrogens with one attached hydrogen (secondary N) is 1. The Bertz CT molecular complexity index is 900. The average molecular weight is 371 g/mol. The minimum Gasteiger partial charge on any atom is -0.477 e. The molecular formula is C18H21N5O2S. The van der Waals surface area contributed by atoms with E-state index in [1.54, 1.807) is 28.0 Å². The Morgan fingerprint density at radius 2 is 2.15 bits per heavy atom. The molecule has 0 unspecified atom stereocenters. The van der Waals surface area contributed by atoms with E-state index in [2.05, 4.69) is 26.7 Å². The van der Waals surface area contributed by atoms with Crippen LogP contribution >= 0.6 is 11.3 Å². The summed E-state index contributed by atoms with van der Waals surface area (Å²) in [6.45, 7) is 2.73. The van der Waals surface area contributed by atoms with Crippen LogP contribution in [0.1, 0.15) is 43.3 Å². The first-order chi connectivity index (χ1) is 12.7. The third-order valence-corrected chi connectivity index (χ3v) is 5.96. The van der Waals surface area contributed by atoms with Crippen molar-refractivity contribution in [1.82, 2.24) is 25.1 Å². The van der Waals surface area contributed by atoms with Crippen LogP contribution in [0.5, 0.6) is 5.88 Å². The zero-order chi connectivity index (χ0) is 18.0. The second-order valence-electron chi connectivity index (χ2n) is 6.44. The van der Waals surface area contributed by atoms with Gasteiger partial charge in [-0.25, -0.2) is 0 Å². The van der Waals surface area contributed by atoms with Crippen molar-refractivity contribution in [3.8, 4) is 5.88 Å². The SMILES string of the molecule is CCOc1ccc2nnc(CNC(=O)C3(c4cccs4)CCCC3)n2n1. The third-order valence-electron chi connectivity index (χ3n) is 4.89. The first-order valence-corrected chi connectivity index (χ1v) is 9.77. The highest BCUT2D eigenvalue weighted by Crippen LogP contribution is 2.43. The van der Waals surface area contributed by atoms with Gasteiger partial charge in [0.15, 0.2) is 11.5 Å². The van der Waals surface area contributed by atoms with Gasteiger partial charge in [0.25, 0.3) is 0 Å². The fraction of sp³-hybridized carbons (Fsp3) is 0.444. The Balaban J connectivity index is 1.54. The average Bonchev–Trinajstić information content (AvgIpc) is 3.39. The van der Waals surface area contributed by atoms with Gasteiger partial charge in [-0.2, -0.15) is 4.52 Å². The van der Waals surface area contributed by atoms with E-state index in [1.807, 2.05) is 18.4 Å². The maximum atomic E-state index is 13.1. The van der Waals surface area contributed by atoms with Crippen molar-refractivity contribution >= 4 is 22.9 Å². The lowest BCUT2D eigenvalue weighted by Crippen LogP contribution is -2.42. The van der Waals surface area contributed by atoms with Crippen LogP contribution in [0.3, 0.4) is 0 Å². The van der Waals surface area contributed by atoms with E-state index in [1.165, 1.54) is 0 Å². The van der Waals surface area contributed by atoms with Crippen molar-refractivity contribution in [2.75, 3.05) is 6.61 Å². The molecule has 0 atom stereocenters. The molecule has 0 aliphatic heterocycles. The van der Waals surface area contributed by atoms with Crippen molar-refractivity contribution in [3.05, 3.63) is 40.3 Å². The molecule has 3 aromatic heterocycles. The molecule has 1 saturated carbocycles. The van der Waals surface area contributed by atoms with E-state index in [4.69, 9.17) is 4.74 Å². The van der Waals surface area contributed by atoms with Crippen molar-refractivity contribution in [3.63, 3.8) is 0 Å². The smallest absolute Gasteiger partial charge is 0.231 e. The Morgan fingerprint density at radius 3 is 2.88 bits per heavy atom. The molecule has 0 spiro atoms. The van der Waals surface area contributed by atoms with Crippen molar-refractivity contribution in [1.29, 1.82) is 0 Å². The zero-order valence-electron chi connectivity index (χ0n) is 14.6. The summed E-state index contributed by atoms with van der Waals surface area (Å²) in [5.74, 6) is 1.17. The molecule has 8 heteroatoms. The van der Waals surface area contributed by atoms with Gasteiger partial charge in [0, 0.05) is 10.9 Å². The lowest BCUT2D eigenvalue weighted by Gasteiger charge is -2.26. The molecule has 0 aromatic carbocycles.